The Bertz CT molecular complexity index is 743. The summed E-state index contributed by atoms with van der Waals surface area (Å²) in [7, 11) is 0. The van der Waals surface area contributed by atoms with Crippen LogP contribution in [0.15, 0.2) is 0 Å². The van der Waals surface area contributed by atoms with Crippen molar-refractivity contribution in [2.24, 2.45) is 0 Å². The molecule has 21 heavy (non-hydrogen) atoms. The van der Waals surface area contributed by atoms with E-state index in [1.165, 1.54) is 0 Å². The Morgan fingerprint density at radius 1 is 1.24 bits per heavy atom. The van der Waals surface area contributed by atoms with Gasteiger partial charge in [-0.2, -0.15) is 4.37 Å². The number of pyridine rings is 1. The fraction of sp³-hybridized carbons (Fsp3) is 0.429. The van der Waals surface area contributed by atoms with Gasteiger partial charge in [0, 0.05) is 0 Å². The molecule has 0 aliphatic carbocycles. The molecule has 2 aromatic rings. The average molecular weight is 308 g/mol. The van der Waals surface area contributed by atoms with Gasteiger partial charge in [-0.3, -0.25) is 0 Å². The molecule has 6 nitrogen and oxygen atoms in total. The van der Waals surface area contributed by atoms with E-state index in [1.54, 1.807) is 34.6 Å². The van der Waals surface area contributed by atoms with Crippen LogP contribution in [0.4, 0.5) is 0 Å². The van der Waals surface area contributed by atoms with Crippen molar-refractivity contribution in [2.75, 3.05) is 0 Å². The summed E-state index contributed by atoms with van der Waals surface area (Å²) in [5.41, 5.74) is 0.644. The second-order valence-electron chi connectivity index (χ2n) is 5.72. The van der Waals surface area contributed by atoms with E-state index in [1.807, 2.05) is 0 Å². The molecule has 2 rings (SSSR count). The lowest BCUT2D eigenvalue weighted by atomic mass is 10.0. The number of esters is 1. The number of hydrogen-bond donors (Lipinski definition) is 1. The number of carbonyl (C=O) groups is 2. The molecule has 0 aromatic carbocycles. The fourth-order valence-electron chi connectivity index (χ4n) is 2.08. The summed E-state index contributed by atoms with van der Waals surface area (Å²) in [6.45, 7) is 8.71. The summed E-state index contributed by atoms with van der Waals surface area (Å²) < 4.78 is 9.27. The number of carbonyl (C=O) groups excluding carboxylic acids is 1. The van der Waals surface area contributed by atoms with Gasteiger partial charge in [0.1, 0.15) is 10.4 Å². The molecular weight excluding hydrogens is 292 g/mol. The van der Waals surface area contributed by atoms with Crippen LogP contribution in [0.25, 0.3) is 10.2 Å². The number of carboxylic acids is 1. The van der Waals surface area contributed by atoms with Crippen LogP contribution < -0.4 is 0 Å². The molecule has 1 N–H and O–H groups in total. The topological polar surface area (TPSA) is 89.4 Å². The molecule has 0 aliphatic heterocycles. The van der Waals surface area contributed by atoms with Crippen LogP contribution in [0, 0.1) is 13.8 Å². The van der Waals surface area contributed by atoms with Gasteiger partial charge in [-0.15, -0.1) is 0 Å². The van der Waals surface area contributed by atoms with Crippen LogP contribution in [-0.4, -0.2) is 32.0 Å². The van der Waals surface area contributed by atoms with E-state index in [-0.39, 0.29) is 5.69 Å². The van der Waals surface area contributed by atoms with Gasteiger partial charge in [0.2, 0.25) is 0 Å². The minimum Gasteiger partial charge on any atom is -0.476 e. The average Bonchev–Trinajstić information content (AvgIpc) is 2.70. The van der Waals surface area contributed by atoms with Crippen LogP contribution in [0.5, 0.6) is 0 Å². The Balaban J connectivity index is 2.67. The van der Waals surface area contributed by atoms with E-state index < -0.39 is 17.5 Å². The van der Waals surface area contributed by atoms with Crippen molar-refractivity contribution < 1.29 is 19.4 Å². The van der Waals surface area contributed by atoms with Crippen molar-refractivity contribution in [3.63, 3.8) is 0 Å². The van der Waals surface area contributed by atoms with Crippen molar-refractivity contribution in [3.8, 4) is 0 Å². The number of ether oxygens (including phenoxy) is 1. The van der Waals surface area contributed by atoms with Crippen molar-refractivity contribution in [3.05, 3.63) is 22.5 Å². The molecule has 0 saturated carbocycles. The Kier molecular flexibility index (Phi) is 3.71. The zero-order valence-corrected chi connectivity index (χ0v) is 13.3. The van der Waals surface area contributed by atoms with Gasteiger partial charge in [0.25, 0.3) is 0 Å². The van der Waals surface area contributed by atoms with E-state index >= 15 is 0 Å². The maximum atomic E-state index is 12.3. The van der Waals surface area contributed by atoms with Gasteiger partial charge in [-0.1, -0.05) is 0 Å². The fourth-order valence-corrected chi connectivity index (χ4v) is 2.94. The Hall–Kier alpha value is -2.02. The van der Waals surface area contributed by atoms with E-state index in [2.05, 4.69) is 9.36 Å². The van der Waals surface area contributed by atoms with Crippen LogP contribution >= 0.6 is 11.5 Å². The number of aromatic nitrogens is 2. The van der Waals surface area contributed by atoms with Crippen molar-refractivity contribution in [1.82, 2.24) is 9.36 Å². The molecule has 0 spiro atoms. The molecule has 0 atom stereocenters. The number of fused-ring (bicyclic) bond motifs is 1. The highest BCUT2D eigenvalue weighted by molar-refractivity contribution is 7.13. The third-order valence-electron chi connectivity index (χ3n) is 2.86. The minimum absolute atomic E-state index is 0.0789. The summed E-state index contributed by atoms with van der Waals surface area (Å²) in [5, 5.41) is 9.58. The number of carboxylic acid groups (broad SMARTS) is 1. The predicted molar refractivity (Wildman–Crippen MR) is 79.0 cm³/mol. The molecule has 2 heterocycles. The Morgan fingerprint density at radius 3 is 2.38 bits per heavy atom. The van der Waals surface area contributed by atoms with Crippen molar-refractivity contribution in [2.45, 2.75) is 40.2 Å². The second-order valence-corrected chi connectivity index (χ2v) is 6.47. The first-order chi connectivity index (χ1) is 9.61. The standard InChI is InChI=1S/C14H16N2O4S/c1-6-8(13(19)20-14(3,4)5)7(2)15-11-9(6)10(12(17)18)16-21-11/h1-5H3,(H,17,18). The largest absolute Gasteiger partial charge is 0.476 e. The quantitative estimate of drug-likeness (QED) is 0.858. The molecule has 0 fully saturated rings. The number of aromatic carboxylic acids is 1. The summed E-state index contributed by atoms with van der Waals surface area (Å²) >= 11 is 1.01. The smallest absolute Gasteiger partial charge is 0.356 e. The molecule has 0 amide bonds. The normalized spacial score (nSPS) is 11.7. The van der Waals surface area contributed by atoms with Gasteiger partial charge < -0.3 is 9.84 Å². The molecular formula is C14H16N2O4S. The van der Waals surface area contributed by atoms with Crippen LogP contribution in [0.3, 0.4) is 0 Å². The zero-order valence-electron chi connectivity index (χ0n) is 12.5. The predicted octanol–water partition coefficient (Wildman–Crippen LogP) is 2.96. The first kappa shape index (κ1) is 15.4. The lowest BCUT2D eigenvalue weighted by Crippen LogP contribution is -2.25. The SMILES string of the molecule is Cc1nc2snc(C(=O)O)c2c(C)c1C(=O)OC(C)(C)C. The van der Waals surface area contributed by atoms with Crippen LogP contribution in [-0.2, 0) is 4.74 Å². The van der Waals surface area contributed by atoms with E-state index in [0.717, 1.165) is 11.5 Å². The minimum atomic E-state index is -1.13. The Morgan fingerprint density at radius 2 is 1.86 bits per heavy atom. The highest BCUT2D eigenvalue weighted by Gasteiger charge is 2.26. The van der Waals surface area contributed by atoms with E-state index in [9.17, 15) is 14.7 Å². The molecule has 7 heteroatoms. The third kappa shape index (κ3) is 2.87. The summed E-state index contributed by atoms with van der Waals surface area (Å²) in [6.07, 6.45) is 0. The second kappa shape index (κ2) is 5.07. The molecule has 2 aromatic heterocycles. The first-order valence-corrected chi connectivity index (χ1v) is 7.12. The van der Waals surface area contributed by atoms with Crippen LogP contribution in [0.2, 0.25) is 0 Å². The monoisotopic (exact) mass is 308 g/mol. The highest BCUT2D eigenvalue weighted by Crippen LogP contribution is 2.29. The van der Waals surface area contributed by atoms with Gasteiger partial charge in [-0.05, 0) is 51.7 Å². The molecule has 112 valence electrons. The van der Waals surface area contributed by atoms with Crippen molar-refractivity contribution in [1.29, 1.82) is 0 Å². The number of aryl methyl sites for hydroxylation is 2. The molecule has 0 aliphatic rings. The number of nitrogens with zero attached hydrogens (tertiary/aromatic N) is 2. The highest BCUT2D eigenvalue weighted by atomic mass is 32.1. The van der Waals surface area contributed by atoms with Gasteiger partial charge in [0.05, 0.1) is 16.6 Å². The van der Waals surface area contributed by atoms with Crippen molar-refractivity contribution >= 4 is 33.7 Å². The van der Waals surface area contributed by atoms with E-state index in [4.69, 9.17) is 4.74 Å². The summed E-state index contributed by atoms with van der Waals surface area (Å²) in [4.78, 5) is 28.3. The number of rotatable bonds is 2. The number of hydrogen-bond acceptors (Lipinski definition) is 6. The van der Waals surface area contributed by atoms with Gasteiger partial charge >= 0.3 is 11.9 Å². The molecule has 0 saturated heterocycles. The zero-order chi connectivity index (χ0) is 15.9. The maximum absolute atomic E-state index is 12.3. The summed E-state index contributed by atoms with van der Waals surface area (Å²) in [6, 6.07) is 0. The third-order valence-corrected chi connectivity index (χ3v) is 3.60. The van der Waals surface area contributed by atoms with Gasteiger partial charge in [0.15, 0.2) is 5.69 Å². The van der Waals surface area contributed by atoms with E-state index in [0.29, 0.717) is 27.0 Å². The first-order valence-electron chi connectivity index (χ1n) is 6.35. The lowest BCUT2D eigenvalue weighted by molar-refractivity contribution is 0.00674. The summed E-state index contributed by atoms with van der Waals surface area (Å²) in [5.74, 6) is -1.64. The Labute approximate surface area is 125 Å². The lowest BCUT2D eigenvalue weighted by Gasteiger charge is -2.21. The molecule has 0 unspecified atom stereocenters. The molecule has 0 radical (unpaired) electrons. The van der Waals surface area contributed by atoms with Crippen LogP contribution in [0.1, 0.15) is 52.9 Å². The van der Waals surface area contributed by atoms with Gasteiger partial charge in [-0.25, -0.2) is 14.6 Å². The molecule has 0 bridgehead atoms. The maximum Gasteiger partial charge on any atom is 0.356 e.